The lowest BCUT2D eigenvalue weighted by molar-refractivity contribution is -0.123. The van der Waals surface area contributed by atoms with E-state index in [9.17, 15) is 9.59 Å². The van der Waals surface area contributed by atoms with E-state index in [-0.39, 0.29) is 30.3 Å². The van der Waals surface area contributed by atoms with E-state index >= 15 is 0 Å². The molecule has 0 aliphatic carbocycles. The third kappa shape index (κ3) is 6.41. The lowest BCUT2D eigenvalue weighted by Gasteiger charge is -2.20. The summed E-state index contributed by atoms with van der Waals surface area (Å²) < 4.78 is 0. The van der Waals surface area contributed by atoms with Crippen LogP contribution in [0.1, 0.15) is 23.2 Å². The molecule has 128 valence electrons. The van der Waals surface area contributed by atoms with E-state index in [4.69, 9.17) is 0 Å². The molecule has 1 aromatic carbocycles. The zero-order valence-corrected chi connectivity index (χ0v) is 14.8. The Morgan fingerprint density at radius 3 is 2.70 bits per heavy atom. The quantitative estimate of drug-likeness (QED) is 0.690. The van der Waals surface area contributed by atoms with Crippen LogP contribution in [0.2, 0.25) is 0 Å². The maximum atomic E-state index is 12.4. The van der Waals surface area contributed by atoms with Crippen LogP contribution in [0.25, 0.3) is 0 Å². The van der Waals surface area contributed by atoms with Gasteiger partial charge in [0, 0.05) is 18.2 Å². The first-order valence-corrected chi connectivity index (χ1v) is 8.96. The fraction of sp³-hybridized carbons (Fsp3) is 0.500. The van der Waals surface area contributed by atoms with Crippen molar-refractivity contribution in [1.29, 1.82) is 0 Å². The molecule has 1 aliphatic heterocycles. The van der Waals surface area contributed by atoms with Gasteiger partial charge in [0.1, 0.15) is 6.04 Å². The third-order valence-electron chi connectivity index (χ3n) is 3.68. The van der Waals surface area contributed by atoms with Crippen molar-refractivity contribution < 1.29 is 9.59 Å². The van der Waals surface area contributed by atoms with Crippen LogP contribution in [0.15, 0.2) is 30.3 Å². The first-order valence-electron chi connectivity index (χ1n) is 7.56. The summed E-state index contributed by atoms with van der Waals surface area (Å²) in [6, 6.07) is 8.67. The van der Waals surface area contributed by atoms with Crippen LogP contribution >= 0.6 is 24.2 Å². The topological polar surface area (TPSA) is 70.2 Å². The van der Waals surface area contributed by atoms with Crippen molar-refractivity contribution in [2.45, 2.75) is 24.9 Å². The van der Waals surface area contributed by atoms with Crippen LogP contribution in [0.4, 0.5) is 0 Å². The van der Waals surface area contributed by atoms with Gasteiger partial charge in [0.15, 0.2) is 0 Å². The molecule has 5 nitrogen and oxygen atoms in total. The second-order valence-electron chi connectivity index (χ2n) is 5.37. The summed E-state index contributed by atoms with van der Waals surface area (Å²) in [5, 5.41) is 9.10. The Hall–Kier alpha value is -1.24. The van der Waals surface area contributed by atoms with Crippen LogP contribution in [0.5, 0.6) is 0 Å². The van der Waals surface area contributed by atoms with Crippen molar-refractivity contribution in [3.05, 3.63) is 35.9 Å². The van der Waals surface area contributed by atoms with Crippen LogP contribution < -0.4 is 16.0 Å². The Bertz CT molecular complexity index is 495. The molecule has 1 aromatic rings. The molecular formula is C16H24ClN3O2S. The number of hydrogen-bond donors (Lipinski definition) is 3. The summed E-state index contributed by atoms with van der Waals surface area (Å²) in [5.74, 6) is 0.536. The van der Waals surface area contributed by atoms with E-state index in [1.54, 1.807) is 23.9 Å². The molecule has 2 atom stereocenters. The highest BCUT2D eigenvalue weighted by Gasteiger charge is 2.24. The maximum Gasteiger partial charge on any atom is 0.251 e. The fourth-order valence-corrected chi connectivity index (χ4v) is 2.89. The van der Waals surface area contributed by atoms with E-state index in [0.29, 0.717) is 12.0 Å². The lowest BCUT2D eigenvalue weighted by Crippen LogP contribution is -2.50. The summed E-state index contributed by atoms with van der Waals surface area (Å²) in [7, 11) is 0. The summed E-state index contributed by atoms with van der Waals surface area (Å²) in [6.07, 6.45) is 3.56. The van der Waals surface area contributed by atoms with Gasteiger partial charge in [0.25, 0.3) is 5.91 Å². The molecule has 7 heteroatoms. The first kappa shape index (κ1) is 19.8. The smallest absolute Gasteiger partial charge is 0.251 e. The van der Waals surface area contributed by atoms with E-state index in [1.807, 2.05) is 24.5 Å². The van der Waals surface area contributed by atoms with Gasteiger partial charge in [0.2, 0.25) is 5.91 Å². The summed E-state index contributed by atoms with van der Waals surface area (Å²) >= 11 is 1.67. The van der Waals surface area contributed by atoms with Crippen molar-refractivity contribution in [2.75, 3.05) is 25.1 Å². The number of halogens is 1. The zero-order chi connectivity index (χ0) is 15.8. The van der Waals surface area contributed by atoms with Gasteiger partial charge in [0.05, 0.1) is 0 Å². The average Bonchev–Trinajstić information content (AvgIpc) is 3.04. The van der Waals surface area contributed by atoms with Crippen molar-refractivity contribution in [2.24, 2.45) is 0 Å². The number of amides is 2. The molecule has 0 spiro atoms. The number of hydrogen-bond acceptors (Lipinski definition) is 4. The number of carbonyl (C=O) groups excluding carboxylic acids is 2. The minimum atomic E-state index is -0.485. The monoisotopic (exact) mass is 357 g/mol. The number of benzene rings is 1. The number of thioether (sulfide) groups is 1. The SMILES string of the molecule is CSCCC(NC(=O)c1ccccc1)C(=O)NC1CCNC1.Cl. The molecule has 1 saturated heterocycles. The summed E-state index contributed by atoms with van der Waals surface area (Å²) in [5.41, 5.74) is 0.576. The molecule has 2 rings (SSSR count). The van der Waals surface area contributed by atoms with Gasteiger partial charge in [-0.25, -0.2) is 0 Å². The largest absolute Gasteiger partial charge is 0.350 e. The molecule has 1 fully saturated rings. The Labute approximate surface area is 147 Å². The molecule has 0 radical (unpaired) electrons. The van der Waals surface area contributed by atoms with E-state index in [1.165, 1.54) is 0 Å². The second kappa shape index (κ2) is 10.5. The molecule has 1 aliphatic rings. The minimum absolute atomic E-state index is 0. The number of rotatable bonds is 7. The highest BCUT2D eigenvalue weighted by atomic mass is 35.5. The molecular weight excluding hydrogens is 334 g/mol. The van der Waals surface area contributed by atoms with E-state index in [2.05, 4.69) is 16.0 Å². The standard InChI is InChI=1S/C16H23N3O2S.ClH/c1-22-10-8-14(16(21)18-13-7-9-17-11-13)19-15(20)12-5-3-2-4-6-12;/h2-6,13-14,17H,7-11H2,1H3,(H,18,21)(H,19,20);1H. The number of carbonyl (C=O) groups is 2. The Kier molecular flexibility index (Phi) is 9.06. The fourth-order valence-electron chi connectivity index (χ4n) is 2.42. The Morgan fingerprint density at radius 1 is 1.35 bits per heavy atom. The lowest BCUT2D eigenvalue weighted by atomic mass is 10.1. The van der Waals surface area contributed by atoms with Crippen molar-refractivity contribution in [3.8, 4) is 0 Å². The molecule has 3 N–H and O–H groups in total. The van der Waals surface area contributed by atoms with E-state index in [0.717, 1.165) is 25.3 Å². The van der Waals surface area contributed by atoms with Gasteiger partial charge in [-0.05, 0) is 43.5 Å². The van der Waals surface area contributed by atoms with Crippen molar-refractivity contribution in [3.63, 3.8) is 0 Å². The Morgan fingerprint density at radius 2 is 2.09 bits per heavy atom. The minimum Gasteiger partial charge on any atom is -0.350 e. The molecule has 1 heterocycles. The van der Waals surface area contributed by atoms with Gasteiger partial charge in [-0.3, -0.25) is 9.59 Å². The second-order valence-corrected chi connectivity index (χ2v) is 6.36. The molecule has 0 saturated carbocycles. The Balaban J connectivity index is 0.00000264. The molecule has 2 amide bonds. The summed E-state index contributed by atoms with van der Waals surface area (Å²) in [6.45, 7) is 1.73. The van der Waals surface area contributed by atoms with E-state index < -0.39 is 6.04 Å². The van der Waals surface area contributed by atoms with Crippen LogP contribution in [-0.4, -0.2) is 49.0 Å². The summed E-state index contributed by atoms with van der Waals surface area (Å²) in [4.78, 5) is 24.7. The normalized spacial score (nSPS) is 17.9. The number of nitrogens with one attached hydrogen (secondary N) is 3. The zero-order valence-electron chi connectivity index (χ0n) is 13.2. The van der Waals surface area contributed by atoms with Crippen molar-refractivity contribution >= 4 is 36.0 Å². The van der Waals surface area contributed by atoms with Crippen LogP contribution in [0.3, 0.4) is 0 Å². The highest BCUT2D eigenvalue weighted by molar-refractivity contribution is 7.98. The van der Waals surface area contributed by atoms with Crippen molar-refractivity contribution in [1.82, 2.24) is 16.0 Å². The first-order chi connectivity index (χ1) is 10.7. The average molecular weight is 358 g/mol. The van der Waals surface area contributed by atoms with Crippen LogP contribution in [-0.2, 0) is 4.79 Å². The highest BCUT2D eigenvalue weighted by Crippen LogP contribution is 2.06. The van der Waals surface area contributed by atoms with Gasteiger partial charge >= 0.3 is 0 Å². The molecule has 2 unspecified atom stereocenters. The predicted octanol–water partition coefficient (Wildman–Crippen LogP) is 1.44. The molecule has 23 heavy (non-hydrogen) atoms. The molecule has 0 aromatic heterocycles. The third-order valence-corrected chi connectivity index (χ3v) is 4.32. The van der Waals surface area contributed by atoms with Gasteiger partial charge in [-0.2, -0.15) is 11.8 Å². The van der Waals surface area contributed by atoms with Crippen LogP contribution in [0, 0.1) is 0 Å². The predicted molar refractivity (Wildman–Crippen MR) is 97.4 cm³/mol. The van der Waals surface area contributed by atoms with Gasteiger partial charge in [-0.1, -0.05) is 18.2 Å². The maximum absolute atomic E-state index is 12.4. The van der Waals surface area contributed by atoms with Gasteiger partial charge < -0.3 is 16.0 Å². The van der Waals surface area contributed by atoms with Gasteiger partial charge in [-0.15, -0.1) is 12.4 Å². The molecule has 0 bridgehead atoms.